The summed E-state index contributed by atoms with van der Waals surface area (Å²) >= 11 is 1.70. The Balaban J connectivity index is 1.91. The number of hydrogen-bond acceptors (Lipinski definition) is 4. The molecule has 0 saturated carbocycles. The van der Waals surface area contributed by atoms with E-state index in [1.54, 1.807) is 17.4 Å². The zero-order valence-corrected chi connectivity index (χ0v) is 12.4. The van der Waals surface area contributed by atoms with Crippen LogP contribution >= 0.6 is 11.3 Å². The van der Waals surface area contributed by atoms with Gasteiger partial charge < -0.3 is 9.52 Å². The van der Waals surface area contributed by atoms with E-state index < -0.39 is 5.97 Å². The normalized spacial score (nSPS) is 11.3. The maximum absolute atomic E-state index is 11.4. The van der Waals surface area contributed by atoms with Crippen molar-refractivity contribution in [1.29, 1.82) is 0 Å². The van der Waals surface area contributed by atoms with Crippen molar-refractivity contribution >= 4 is 28.3 Å². The first-order chi connectivity index (χ1) is 10.1. The van der Waals surface area contributed by atoms with Crippen LogP contribution in [0.5, 0.6) is 0 Å². The summed E-state index contributed by atoms with van der Waals surface area (Å²) in [4.78, 5) is 14.7. The fourth-order valence-electron chi connectivity index (χ4n) is 2.42. The monoisotopic (exact) mass is 301 g/mol. The number of para-hydroxylation sites is 1. The SMILES string of the molecule is CN(Cc1cccs1)Cc1c(C(=O)O)oc2ccccc12. The Morgan fingerprint density at radius 3 is 2.76 bits per heavy atom. The maximum Gasteiger partial charge on any atom is 0.372 e. The summed E-state index contributed by atoms with van der Waals surface area (Å²) in [6.45, 7) is 1.33. The number of hydrogen-bond donors (Lipinski definition) is 1. The second-order valence-corrected chi connectivity index (χ2v) is 5.99. The first-order valence-corrected chi connectivity index (χ1v) is 7.47. The Morgan fingerprint density at radius 2 is 2.05 bits per heavy atom. The van der Waals surface area contributed by atoms with Gasteiger partial charge in [0.2, 0.25) is 5.76 Å². The summed E-state index contributed by atoms with van der Waals surface area (Å²) in [5, 5.41) is 12.2. The molecule has 2 aromatic heterocycles. The molecule has 3 rings (SSSR count). The third-order valence-electron chi connectivity index (χ3n) is 3.33. The number of rotatable bonds is 5. The minimum atomic E-state index is -1.02. The molecule has 0 aliphatic heterocycles. The van der Waals surface area contributed by atoms with Gasteiger partial charge in [0.25, 0.3) is 0 Å². The zero-order valence-electron chi connectivity index (χ0n) is 11.6. The maximum atomic E-state index is 11.4. The summed E-state index contributed by atoms with van der Waals surface area (Å²) < 4.78 is 5.47. The van der Waals surface area contributed by atoms with Crippen molar-refractivity contribution in [2.24, 2.45) is 0 Å². The van der Waals surface area contributed by atoms with Crippen molar-refractivity contribution in [3.05, 3.63) is 58.0 Å². The molecule has 5 heteroatoms. The Hall–Kier alpha value is -2.11. The second-order valence-electron chi connectivity index (χ2n) is 4.96. The van der Waals surface area contributed by atoms with E-state index in [4.69, 9.17) is 4.42 Å². The Morgan fingerprint density at radius 1 is 1.24 bits per heavy atom. The minimum Gasteiger partial charge on any atom is -0.475 e. The fourth-order valence-corrected chi connectivity index (χ4v) is 3.21. The highest BCUT2D eigenvalue weighted by Crippen LogP contribution is 2.27. The van der Waals surface area contributed by atoms with Crippen LogP contribution in [0.25, 0.3) is 11.0 Å². The molecule has 1 N–H and O–H groups in total. The lowest BCUT2D eigenvalue weighted by molar-refractivity contribution is 0.0662. The molecule has 4 nitrogen and oxygen atoms in total. The van der Waals surface area contributed by atoms with E-state index in [0.717, 1.165) is 17.5 Å². The van der Waals surface area contributed by atoms with Crippen molar-refractivity contribution in [2.75, 3.05) is 7.05 Å². The lowest BCUT2D eigenvalue weighted by atomic mass is 10.1. The molecule has 0 saturated heterocycles. The lowest BCUT2D eigenvalue weighted by Crippen LogP contribution is -2.18. The van der Waals surface area contributed by atoms with E-state index in [1.165, 1.54) is 4.88 Å². The molecule has 0 spiro atoms. The van der Waals surface area contributed by atoms with Crippen molar-refractivity contribution in [3.8, 4) is 0 Å². The summed E-state index contributed by atoms with van der Waals surface area (Å²) in [7, 11) is 1.98. The van der Waals surface area contributed by atoms with Gasteiger partial charge in [0.1, 0.15) is 5.58 Å². The standard InChI is InChI=1S/C16H15NO3S/c1-17(9-11-5-4-8-21-11)10-13-12-6-2-3-7-14(12)20-15(13)16(18)19/h2-8H,9-10H2,1H3,(H,18,19). The number of benzene rings is 1. The lowest BCUT2D eigenvalue weighted by Gasteiger charge is -2.15. The fraction of sp³-hybridized carbons (Fsp3) is 0.188. The molecule has 0 atom stereocenters. The first kappa shape index (κ1) is 13.9. The van der Waals surface area contributed by atoms with Crippen LogP contribution in [0.3, 0.4) is 0 Å². The number of carboxylic acids is 1. The summed E-state index contributed by atoms with van der Waals surface area (Å²) in [6.07, 6.45) is 0. The molecule has 21 heavy (non-hydrogen) atoms. The predicted octanol–water partition coefficient (Wildman–Crippen LogP) is 3.82. The van der Waals surface area contributed by atoms with Gasteiger partial charge in [-0.3, -0.25) is 4.90 Å². The molecule has 1 aromatic carbocycles. The molecule has 0 radical (unpaired) electrons. The number of aromatic carboxylic acids is 1. The smallest absolute Gasteiger partial charge is 0.372 e. The molecular weight excluding hydrogens is 286 g/mol. The van der Waals surface area contributed by atoms with E-state index in [2.05, 4.69) is 11.0 Å². The molecule has 0 aliphatic rings. The molecule has 0 unspecified atom stereocenters. The van der Waals surface area contributed by atoms with Gasteiger partial charge >= 0.3 is 5.97 Å². The van der Waals surface area contributed by atoms with Gasteiger partial charge in [-0.1, -0.05) is 24.3 Å². The van der Waals surface area contributed by atoms with Gasteiger partial charge in [-0.05, 0) is 24.6 Å². The van der Waals surface area contributed by atoms with Gasteiger partial charge in [0, 0.05) is 28.9 Å². The Kier molecular flexibility index (Phi) is 3.77. The van der Waals surface area contributed by atoms with E-state index >= 15 is 0 Å². The minimum absolute atomic E-state index is 0.0363. The molecule has 2 heterocycles. The molecule has 0 fully saturated rings. The highest BCUT2D eigenvalue weighted by Gasteiger charge is 2.20. The van der Waals surface area contributed by atoms with Gasteiger partial charge in [0.05, 0.1) is 0 Å². The van der Waals surface area contributed by atoms with E-state index in [0.29, 0.717) is 12.1 Å². The van der Waals surface area contributed by atoms with Gasteiger partial charge in [-0.25, -0.2) is 4.79 Å². The Bertz CT molecular complexity index is 761. The Labute approximate surface area is 126 Å². The van der Waals surface area contributed by atoms with Crippen molar-refractivity contribution < 1.29 is 14.3 Å². The van der Waals surface area contributed by atoms with E-state index in [1.807, 2.05) is 36.7 Å². The zero-order chi connectivity index (χ0) is 14.8. The summed E-state index contributed by atoms with van der Waals surface area (Å²) in [5.74, 6) is -0.986. The molecule has 0 amide bonds. The van der Waals surface area contributed by atoms with Crippen LogP contribution in [0, 0.1) is 0 Å². The number of nitrogens with zero attached hydrogens (tertiary/aromatic N) is 1. The first-order valence-electron chi connectivity index (χ1n) is 6.60. The molecule has 0 aliphatic carbocycles. The van der Waals surface area contributed by atoms with Gasteiger partial charge in [0.15, 0.2) is 0 Å². The quantitative estimate of drug-likeness (QED) is 0.778. The molecule has 3 aromatic rings. The van der Waals surface area contributed by atoms with Crippen LogP contribution in [0.15, 0.2) is 46.2 Å². The number of carboxylic acid groups (broad SMARTS) is 1. The van der Waals surface area contributed by atoms with Crippen molar-refractivity contribution in [1.82, 2.24) is 4.90 Å². The van der Waals surface area contributed by atoms with Crippen LogP contribution in [-0.2, 0) is 13.1 Å². The predicted molar refractivity (Wildman–Crippen MR) is 82.7 cm³/mol. The summed E-state index contributed by atoms with van der Waals surface area (Å²) in [6, 6.07) is 11.5. The molecular formula is C16H15NO3S. The number of thiophene rings is 1. The highest BCUT2D eigenvalue weighted by molar-refractivity contribution is 7.09. The van der Waals surface area contributed by atoms with Crippen LogP contribution < -0.4 is 0 Å². The van der Waals surface area contributed by atoms with Crippen molar-refractivity contribution in [2.45, 2.75) is 13.1 Å². The van der Waals surface area contributed by atoms with Crippen LogP contribution in [0.1, 0.15) is 21.0 Å². The number of fused-ring (bicyclic) bond motifs is 1. The largest absolute Gasteiger partial charge is 0.475 e. The van der Waals surface area contributed by atoms with E-state index in [9.17, 15) is 9.90 Å². The molecule has 108 valence electrons. The van der Waals surface area contributed by atoms with Crippen molar-refractivity contribution in [3.63, 3.8) is 0 Å². The van der Waals surface area contributed by atoms with Gasteiger partial charge in [-0.15, -0.1) is 11.3 Å². The average molecular weight is 301 g/mol. The van der Waals surface area contributed by atoms with Crippen LogP contribution in [0.2, 0.25) is 0 Å². The third-order valence-corrected chi connectivity index (χ3v) is 4.19. The molecule has 0 bridgehead atoms. The van der Waals surface area contributed by atoms with Gasteiger partial charge in [-0.2, -0.15) is 0 Å². The second kappa shape index (κ2) is 5.71. The summed E-state index contributed by atoms with van der Waals surface area (Å²) in [5.41, 5.74) is 1.35. The van der Waals surface area contributed by atoms with E-state index in [-0.39, 0.29) is 5.76 Å². The van der Waals surface area contributed by atoms with Crippen LogP contribution in [0.4, 0.5) is 0 Å². The number of carbonyl (C=O) groups is 1. The van der Waals surface area contributed by atoms with Crippen LogP contribution in [-0.4, -0.2) is 23.0 Å². The third kappa shape index (κ3) is 2.84. The highest BCUT2D eigenvalue weighted by atomic mass is 32.1. The number of furan rings is 1. The average Bonchev–Trinajstić information content (AvgIpc) is 3.07. The topological polar surface area (TPSA) is 53.7 Å².